The third-order valence-electron chi connectivity index (χ3n) is 4.02. The summed E-state index contributed by atoms with van der Waals surface area (Å²) >= 11 is 0. The van der Waals surface area contributed by atoms with E-state index in [1.807, 2.05) is 17.1 Å². The summed E-state index contributed by atoms with van der Waals surface area (Å²) in [7, 11) is 0. The summed E-state index contributed by atoms with van der Waals surface area (Å²) in [6, 6.07) is 0.386. The molecule has 0 saturated heterocycles. The Hall–Kier alpha value is -1.03. The van der Waals surface area contributed by atoms with Crippen molar-refractivity contribution in [3.05, 3.63) is 12.4 Å². The first-order valence-corrected chi connectivity index (χ1v) is 7.95. The van der Waals surface area contributed by atoms with Gasteiger partial charge in [0, 0.05) is 6.04 Å². The van der Waals surface area contributed by atoms with Gasteiger partial charge in [0.25, 0.3) is 0 Å². The van der Waals surface area contributed by atoms with Gasteiger partial charge in [-0.15, -0.1) is 0 Å². The van der Waals surface area contributed by atoms with Crippen molar-refractivity contribution < 1.29 is 4.74 Å². The molecule has 0 radical (unpaired) electrons. The highest BCUT2D eigenvalue weighted by Crippen LogP contribution is 2.39. The predicted molar refractivity (Wildman–Crippen MR) is 82.1 cm³/mol. The molecule has 1 saturated carbocycles. The first-order valence-electron chi connectivity index (χ1n) is 7.95. The van der Waals surface area contributed by atoms with E-state index in [1.54, 1.807) is 0 Å². The average Bonchev–Trinajstić information content (AvgIpc) is 2.79. The van der Waals surface area contributed by atoms with Crippen LogP contribution in [0.5, 0.6) is 5.75 Å². The number of nitrogens with one attached hydrogen (secondary N) is 1. The van der Waals surface area contributed by atoms with Crippen molar-refractivity contribution in [3.8, 4) is 5.75 Å². The van der Waals surface area contributed by atoms with Crippen molar-refractivity contribution in [1.82, 2.24) is 15.1 Å². The summed E-state index contributed by atoms with van der Waals surface area (Å²) in [5.74, 6) is 1.62. The standard InChI is InChI=1S/C16H29N3O/c1-13(2)10-17-9-8-16(6-5-7-16)20-15-11-18-19(12-15)14(3)4/h11-14,17H,5-10H2,1-4H3. The first-order chi connectivity index (χ1) is 9.51. The van der Waals surface area contributed by atoms with Gasteiger partial charge in [0.2, 0.25) is 0 Å². The summed E-state index contributed by atoms with van der Waals surface area (Å²) in [4.78, 5) is 0. The monoisotopic (exact) mass is 279 g/mol. The minimum absolute atomic E-state index is 0.0504. The van der Waals surface area contributed by atoms with Crippen molar-refractivity contribution in [1.29, 1.82) is 0 Å². The van der Waals surface area contributed by atoms with Crippen molar-refractivity contribution >= 4 is 0 Å². The fraction of sp³-hybridized carbons (Fsp3) is 0.812. The molecule has 0 unspecified atom stereocenters. The second kappa shape index (κ2) is 6.61. The third kappa shape index (κ3) is 3.98. The molecule has 20 heavy (non-hydrogen) atoms. The molecule has 1 aliphatic rings. The fourth-order valence-corrected chi connectivity index (χ4v) is 2.59. The molecule has 0 atom stereocenters. The number of aromatic nitrogens is 2. The normalized spacial score (nSPS) is 17.5. The molecule has 1 aromatic heterocycles. The summed E-state index contributed by atoms with van der Waals surface area (Å²) in [6.45, 7) is 10.9. The van der Waals surface area contributed by atoms with Gasteiger partial charge in [-0.25, -0.2) is 0 Å². The summed E-state index contributed by atoms with van der Waals surface area (Å²) < 4.78 is 8.21. The molecular weight excluding hydrogens is 250 g/mol. The molecule has 0 aromatic carbocycles. The maximum Gasteiger partial charge on any atom is 0.158 e. The van der Waals surface area contributed by atoms with E-state index in [2.05, 4.69) is 38.1 Å². The summed E-state index contributed by atoms with van der Waals surface area (Å²) in [5, 5.41) is 7.87. The molecule has 1 aromatic rings. The lowest BCUT2D eigenvalue weighted by Crippen LogP contribution is -2.45. The lowest BCUT2D eigenvalue weighted by molar-refractivity contribution is -0.0144. The second-order valence-electron chi connectivity index (χ2n) is 6.74. The highest BCUT2D eigenvalue weighted by molar-refractivity contribution is 5.15. The molecule has 2 rings (SSSR count). The SMILES string of the molecule is CC(C)CNCCC1(Oc2cnn(C(C)C)c2)CCC1. The number of hydrogen-bond acceptors (Lipinski definition) is 3. The van der Waals surface area contributed by atoms with Gasteiger partial charge in [-0.3, -0.25) is 4.68 Å². The minimum Gasteiger partial charge on any atom is -0.484 e. The van der Waals surface area contributed by atoms with Gasteiger partial charge in [-0.1, -0.05) is 13.8 Å². The molecule has 1 fully saturated rings. The van der Waals surface area contributed by atoms with Crippen LogP contribution >= 0.6 is 0 Å². The van der Waals surface area contributed by atoms with Crippen LogP contribution in [0, 0.1) is 5.92 Å². The largest absolute Gasteiger partial charge is 0.484 e. The Bertz CT molecular complexity index is 408. The quantitative estimate of drug-likeness (QED) is 0.741. The molecule has 1 heterocycles. The smallest absolute Gasteiger partial charge is 0.158 e. The van der Waals surface area contributed by atoms with Crippen LogP contribution < -0.4 is 10.1 Å². The van der Waals surface area contributed by atoms with Crippen LogP contribution in [-0.2, 0) is 0 Å². The van der Waals surface area contributed by atoms with E-state index in [0.717, 1.165) is 25.3 Å². The van der Waals surface area contributed by atoms with Crippen LogP contribution in [-0.4, -0.2) is 28.5 Å². The van der Waals surface area contributed by atoms with Crippen molar-refractivity contribution in [2.45, 2.75) is 65.0 Å². The Morgan fingerprint density at radius 1 is 1.35 bits per heavy atom. The fourth-order valence-electron chi connectivity index (χ4n) is 2.59. The molecule has 114 valence electrons. The van der Waals surface area contributed by atoms with Gasteiger partial charge in [0.05, 0.1) is 12.4 Å². The van der Waals surface area contributed by atoms with Crippen molar-refractivity contribution in [2.24, 2.45) is 5.92 Å². The van der Waals surface area contributed by atoms with E-state index < -0.39 is 0 Å². The zero-order chi connectivity index (χ0) is 14.6. The Labute approximate surface area is 122 Å². The van der Waals surface area contributed by atoms with Gasteiger partial charge in [-0.2, -0.15) is 5.10 Å². The molecule has 0 aliphatic heterocycles. The van der Waals surface area contributed by atoms with Crippen LogP contribution in [0.15, 0.2) is 12.4 Å². The Balaban J connectivity index is 1.84. The van der Waals surface area contributed by atoms with Crippen LogP contribution in [0.1, 0.15) is 59.4 Å². The lowest BCUT2D eigenvalue weighted by Gasteiger charge is -2.41. The number of nitrogens with zero attached hydrogens (tertiary/aromatic N) is 2. The van der Waals surface area contributed by atoms with Gasteiger partial charge in [-0.05, 0) is 58.5 Å². The van der Waals surface area contributed by atoms with E-state index in [9.17, 15) is 0 Å². The van der Waals surface area contributed by atoms with E-state index in [4.69, 9.17) is 4.74 Å². The highest BCUT2D eigenvalue weighted by Gasteiger charge is 2.39. The average molecular weight is 279 g/mol. The third-order valence-corrected chi connectivity index (χ3v) is 4.02. The number of ether oxygens (including phenoxy) is 1. The maximum absolute atomic E-state index is 6.25. The summed E-state index contributed by atoms with van der Waals surface area (Å²) in [6.07, 6.45) is 8.58. The molecule has 1 N–H and O–H groups in total. The molecule has 0 bridgehead atoms. The molecule has 1 aliphatic carbocycles. The second-order valence-corrected chi connectivity index (χ2v) is 6.74. The van der Waals surface area contributed by atoms with Gasteiger partial charge in [0.1, 0.15) is 5.60 Å². The zero-order valence-electron chi connectivity index (χ0n) is 13.4. The van der Waals surface area contributed by atoms with Crippen LogP contribution in [0.2, 0.25) is 0 Å². The van der Waals surface area contributed by atoms with E-state index >= 15 is 0 Å². The molecule has 4 heteroatoms. The highest BCUT2D eigenvalue weighted by atomic mass is 16.5. The Morgan fingerprint density at radius 2 is 2.10 bits per heavy atom. The summed E-state index contributed by atoms with van der Waals surface area (Å²) in [5.41, 5.74) is 0.0504. The molecule has 0 amide bonds. The molecule has 0 spiro atoms. The van der Waals surface area contributed by atoms with Crippen LogP contribution in [0.25, 0.3) is 0 Å². The topological polar surface area (TPSA) is 39.1 Å². The Morgan fingerprint density at radius 3 is 2.60 bits per heavy atom. The zero-order valence-corrected chi connectivity index (χ0v) is 13.4. The number of hydrogen-bond donors (Lipinski definition) is 1. The van der Waals surface area contributed by atoms with Crippen LogP contribution in [0.4, 0.5) is 0 Å². The first kappa shape index (κ1) is 15.4. The van der Waals surface area contributed by atoms with Crippen molar-refractivity contribution in [2.75, 3.05) is 13.1 Å². The van der Waals surface area contributed by atoms with Crippen LogP contribution in [0.3, 0.4) is 0 Å². The molecular formula is C16H29N3O. The lowest BCUT2D eigenvalue weighted by atomic mass is 9.77. The Kier molecular flexibility index (Phi) is 5.08. The maximum atomic E-state index is 6.25. The predicted octanol–water partition coefficient (Wildman–Crippen LogP) is 3.40. The minimum atomic E-state index is 0.0504. The molecule has 4 nitrogen and oxygen atoms in total. The van der Waals surface area contributed by atoms with E-state index in [1.165, 1.54) is 19.3 Å². The van der Waals surface area contributed by atoms with Crippen molar-refractivity contribution in [3.63, 3.8) is 0 Å². The van der Waals surface area contributed by atoms with Gasteiger partial charge in [0.15, 0.2) is 5.75 Å². The van der Waals surface area contributed by atoms with Gasteiger partial charge < -0.3 is 10.1 Å². The van der Waals surface area contributed by atoms with E-state index in [0.29, 0.717) is 12.0 Å². The number of rotatable bonds is 8. The van der Waals surface area contributed by atoms with E-state index in [-0.39, 0.29) is 5.60 Å². The van der Waals surface area contributed by atoms with Gasteiger partial charge >= 0.3 is 0 Å².